The van der Waals surface area contributed by atoms with Crippen LogP contribution in [0.4, 0.5) is 16.2 Å². The predicted octanol–water partition coefficient (Wildman–Crippen LogP) is 2.67. The number of rotatable bonds is 3. The van der Waals surface area contributed by atoms with Crippen molar-refractivity contribution < 1.29 is 4.39 Å². The molecule has 1 aliphatic heterocycles. The van der Waals surface area contributed by atoms with Crippen molar-refractivity contribution in [1.29, 1.82) is 0 Å². The van der Waals surface area contributed by atoms with Crippen molar-refractivity contribution in [1.82, 2.24) is 25.1 Å². The molecule has 4 aromatic rings. The van der Waals surface area contributed by atoms with Gasteiger partial charge in [0.2, 0.25) is 5.95 Å². The Hall–Kier alpha value is -4.05. The summed E-state index contributed by atoms with van der Waals surface area (Å²) in [5, 5.41) is 7.29. The summed E-state index contributed by atoms with van der Waals surface area (Å²) in [5.41, 5.74) is 16.0. The maximum absolute atomic E-state index is 13.7. The van der Waals surface area contributed by atoms with Gasteiger partial charge < -0.3 is 16.4 Å². The van der Waals surface area contributed by atoms with Gasteiger partial charge in [0.1, 0.15) is 22.7 Å². The number of anilines is 2. The van der Waals surface area contributed by atoms with Crippen LogP contribution in [0.3, 0.4) is 0 Å². The summed E-state index contributed by atoms with van der Waals surface area (Å²) < 4.78 is 13.7. The van der Waals surface area contributed by atoms with Crippen molar-refractivity contribution >= 4 is 28.4 Å². The average Bonchev–Trinajstić information content (AvgIpc) is 3.41. The van der Waals surface area contributed by atoms with Crippen LogP contribution in [0, 0.1) is 11.2 Å². The summed E-state index contributed by atoms with van der Waals surface area (Å²) in [5.74, 6) is 0.0229. The topological polar surface area (TPSA) is 143 Å². The summed E-state index contributed by atoms with van der Waals surface area (Å²) >= 11 is 0. The van der Waals surface area contributed by atoms with Crippen LogP contribution < -0.4 is 21.9 Å². The second-order valence-corrected chi connectivity index (χ2v) is 9.45. The molecule has 9 nitrogen and oxygen atoms in total. The number of hydrogen-bond acceptors (Lipinski definition) is 7. The van der Waals surface area contributed by atoms with Crippen LogP contribution in [-0.4, -0.2) is 38.2 Å². The summed E-state index contributed by atoms with van der Waals surface area (Å²) in [4.78, 5) is 26.5. The molecule has 1 fully saturated rings. The number of H-pyrrole nitrogens is 2. The van der Waals surface area contributed by atoms with E-state index in [1.54, 1.807) is 0 Å². The normalized spacial score (nSPS) is 18.8. The minimum absolute atomic E-state index is 0.0151. The van der Waals surface area contributed by atoms with Crippen LogP contribution >= 0.6 is 0 Å². The summed E-state index contributed by atoms with van der Waals surface area (Å²) in [6.07, 6.45) is 3.81. The van der Waals surface area contributed by atoms with Crippen molar-refractivity contribution in [2.75, 3.05) is 23.7 Å². The lowest BCUT2D eigenvalue weighted by atomic mass is 9.73. The Balaban J connectivity index is 1.27. The Morgan fingerprint density at radius 1 is 1.26 bits per heavy atom. The van der Waals surface area contributed by atoms with Gasteiger partial charge in [-0.25, -0.2) is 9.37 Å². The second-order valence-electron chi connectivity index (χ2n) is 9.45. The Morgan fingerprint density at radius 2 is 2.03 bits per heavy atom. The molecule has 6 N–H and O–H groups in total. The van der Waals surface area contributed by atoms with Crippen LogP contribution in [0.5, 0.6) is 0 Å². The number of halogens is 1. The van der Waals surface area contributed by atoms with Crippen molar-refractivity contribution in [2.45, 2.75) is 25.3 Å². The van der Waals surface area contributed by atoms with Crippen molar-refractivity contribution in [3.05, 3.63) is 81.7 Å². The zero-order chi connectivity index (χ0) is 24.3. The van der Waals surface area contributed by atoms with E-state index in [2.05, 4.69) is 54.8 Å². The third-order valence-electron chi connectivity index (χ3n) is 7.56. The summed E-state index contributed by atoms with van der Waals surface area (Å²) in [7, 11) is 0. The molecule has 3 aromatic heterocycles. The molecule has 6 rings (SSSR count). The molecule has 0 radical (unpaired) electrons. The molecule has 0 amide bonds. The van der Waals surface area contributed by atoms with Gasteiger partial charge in [-0.15, -0.1) is 0 Å². The standard InChI is InChI=1S/C25H25FN8O/c1-13(17-10-15(26)12-29-21(17)28)19-18-22(33-32-19)30-24(31-23(18)35)34-8-6-25(7-9-34)11-14-4-2-3-5-16(14)20(25)27/h2-5,10,12,20H,1,6-9,11,27H2,(H2,28,29)(H2,30,31,32,33,35)/t20-/m1/s1. The van der Waals surface area contributed by atoms with E-state index in [1.807, 2.05) is 6.07 Å². The second kappa shape index (κ2) is 7.74. The minimum atomic E-state index is -0.558. The fourth-order valence-electron chi connectivity index (χ4n) is 5.58. The number of fused-ring (bicyclic) bond motifs is 2. The van der Waals surface area contributed by atoms with E-state index in [1.165, 1.54) is 17.2 Å². The third-order valence-corrected chi connectivity index (χ3v) is 7.56. The van der Waals surface area contributed by atoms with Gasteiger partial charge in [-0.2, -0.15) is 10.1 Å². The first-order valence-corrected chi connectivity index (χ1v) is 11.5. The van der Waals surface area contributed by atoms with Crippen molar-refractivity contribution in [3.8, 4) is 0 Å². The molecular weight excluding hydrogens is 447 g/mol. The lowest BCUT2D eigenvalue weighted by Crippen LogP contribution is -2.45. The first kappa shape index (κ1) is 21.5. The number of benzene rings is 1. The minimum Gasteiger partial charge on any atom is -0.383 e. The van der Waals surface area contributed by atoms with Crippen LogP contribution in [-0.2, 0) is 6.42 Å². The van der Waals surface area contributed by atoms with Gasteiger partial charge in [-0.3, -0.25) is 14.9 Å². The highest BCUT2D eigenvalue weighted by Crippen LogP contribution is 2.50. The largest absolute Gasteiger partial charge is 0.383 e. The van der Waals surface area contributed by atoms with E-state index in [0.29, 0.717) is 11.6 Å². The van der Waals surface area contributed by atoms with E-state index >= 15 is 0 Å². The highest BCUT2D eigenvalue weighted by Gasteiger charge is 2.46. The van der Waals surface area contributed by atoms with E-state index in [0.717, 1.165) is 38.5 Å². The van der Waals surface area contributed by atoms with Crippen molar-refractivity contribution in [2.24, 2.45) is 11.1 Å². The molecule has 178 valence electrons. The SMILES string of the molecule is C=C(c1cc(F)cnc1N)c1n[nH]c2nc(N3CCC4(CC3)Cc3ccccc3[C@H]4N)[nH]c(=O)c12. The maximum atomic E-state index is 13.7. The number of piperidine rings is 1. The number of nitrogen functional groups attached to an aromatic ring is 1. The molecular formula is C25H25FN8O. The molecule has 35 heavy (non-hydrogen) atoms. The number of pyridine rings is 1. The van der Waals surface area contributed by atoms with Gasteiger partial charge in [0.15, 0.2) is 5.65 Å². The molecule has 2 aliphatic rings. The lowest BCUT2D eigenvalue weighted by molar-refractivity contribution is 0.187. The van der Waals surface area contributed by atoms with E-state index < -0.39 is 5.82 Å². The molecule has 0 saturated carbocycles. The molecule has 0 unspecified atom stereocenters. The van der Waals surface area contributed by atoms with E-state index in [-0.39, 0.29) is 45.1 Å². The lowest BCUT2D eigenvalue weighted by Gasteiger charge is -2.42. The monoisotopic (exact) mass is 472 g/mol. The number of aromatic amines is 2. The van der Waals surface area contributed by atoms with E-state index in [9.17, 15) is 9.18 Å². The number of nitrogens with two attached hydrogens (primary N) is 2. The maximum Gasteiger partial charge on any atom is 0.264 e. The first-order valence-electron chi connectivity index (χ1n) is 11.5. The molecule has 10 heteroatoms. The Kier molecular flexibility index (Phi) is 4.75. The highest BCUT2D eigenvalue weighted by atomic mass is 19.1. The summed E-state index contributed by atoms with van der Waals surface area (Å²) in [6.45, 7) is 5.43. The van der Waals surface area contributed by atoms with Crippen LogP contribution in [0.1, 0.15) is 41.3 Å². The Bertz CT molecular complexity index is 1530. The average molecular weight is 473 g/mol. The Labute approximate surface area is 200 Å². The zero-order valence-electron chi connectivity index (χ0n) is 19.0. The fourth-order valence-corrected chi connectivity index (χ4v) is 5.58. The van der Waals surface area contributed by atoms with Gasteiger partial charge >= 0.3 is 0 Å². The molecule has 1 aromatic carbocycles. The fraction of sp³-hybridized carbons (Fsp3) is 0.280. The third kappa shape index (κ3) is 3.32. The zero-order valence-corrected chi connectivity index (χ0v) is 19.0. The Morgan fingerprint density at radius 3 is 2.80 bits per heavy atom. The number of aromatic nitrogens is 5. The number of hydrogen-bond donors (Lipinski definition) is 4. The molecule has 1 saturated heterocycles. The van der Waals surface area contributed by atoms with Gasteiger partial charge in [-0.1, -0.05) is 30.8 Å². The summed E-state index contributed by atoms with van der Waals surface area (Å²) in [6, 6.07) is 9.64. The van der Waals surface area contributed by atoms with Crippen LogP contribution in [0.2, 0.25) is 0 Å². The van der Waals surface area contributed by atoms with Gasteiger partial charge in [0, 0.05) is 30.3 Å². The first-order chi connectivity index (χ1) is 16.9. The number of nitrogens with one attached hydrogen (secondary N) is 2. The quantitative estimate of drug-likeness (QED) is 0.359. The molecule has 1 atom stereocenters. The molecule has 1 spiro atoms. The van der Waals surface area contributed by atoms with Crippen molar-refractivity contribution in [3.63, 3.8) is 0 Å². The smallest absolute Gasteiger partial charge is 0.264 e. The highest BCUT2D eigenvalue weighted by molar-refractivity contribution is 5.94. The van der Waals surface area contributed by atoms with Crippen LogP contribution in [0.25, 0.3) is 16.6 Å². The van der Waals surface area contributed by atoms with Gasteiger partial charge in [0.05, 0.1) is 6.20 Å². The van der Waals surface area contributed by atoms with E-state index in [4.69, 9.17) is 11.5 Å². The van der Waals surface area contributed by atoms with Gasteiger partial charge in [0.25, 0.3) is 5.56 Å². The number of nitrogens with zero attached hydrogens (tertiary/aromatic N) is 4. The molecule has 1 aliphatic carbocycles. The predicted molar refractivity (Wildman–Crippen MR) is 132 cm³/mol. The molecule has 4 heterocycles. The molecule has 0 bridgehead atoms. The van der Waals surface area contributed by atoms with Crippen LogP contribution in [0.15, 0.2) is 47.9 Å². The van der Waals surface area contributed by atoms with Gasteiger partial charge in [-0.05, 0) is 41.9 Å².